The van der Waals surface area contributed by atoms with Gasteiger partial charge in [0.15, 0.2) is 0 Å². The number of hydrogen-bond donors (Lipinski definition) is 0. The zero-order valence-corrected chi connectivity index (χ0v) is 62.0. The lowest BCUT2D eigenvalue weighted by Crippen LogP contribution is -2.14. The molecule has 3 heterocycles. The van der Waals surface area contributed by atoms with Gasteiger partial charge in [-0.05, 0) is 208 Å². The van der Waals surface area contributed by atoms with Crippen LogP contribution >= 0.6 is 0 Å². The molecule has 24 rings (SSSR count). The van der Waals surface area contributed by atoms with Crippen molar-refractivity contribution < 1.29 is 22.5 Å². The monoisotopic (exact) mass is 1460 g/mol. The zero-order valence-electron chi connectivity index (χ0n) is 72.0. The fourth-order valence-electron chi connectivity index (χ4n) is 19.3. The van der Waals surface area contributed by atoms with Gasteiger partial charge >= 0.3 is 0 Å². The highest BCUT2D eigenvalue weighted by Crippen LogP contribution is 2.55. The highest BCUT2D eigenvalue weighted by molar-refractivity contribution is 6.28. The summed E-state index contributed by atoms with van der Waals surface area (Å²) in [6.45, 7) is 4.63. The molecule has 114 heavy (non-hydrogen) atoms. The number of para-hydroxylation sites is 4. The van der Waals surface area contributed by atoms with E-state index in [1.165, 1.54) is 33.0 Å². The van der Waals surface area contributed by atoms with E-state index in [4.69, 9.17) is 22.5 Å². The van der Waals surface area contributed by atoms with Crippen molar-refractivity contribution in [3.8, 4) is 94.7 Å². The van der Waals surface area contributed by atoms with Crippen molar-refractivity contribution in [3.05, 3.63) is 405 Å². The maximum absolute atomic E-state index is 9.03. The first-order chi connectivity index (χ1) is 60.5. The SMILES string of the molecule is [2H]c1c([2H])c([2H])c(-c2c3ccccc3c(-c3ccc(-c4ccc5oc6ccccc6c5c4-c4ccc5c(c4)-c4ccccc4C5(C)C)c4ccccc34)c3ccccc23)c([2H])c1[2H].[2H]c1c([2H])c([2H])c(-c2c3ccccc3c(-c3ccc(-c4ccc5oc6ccccc6c5c4-n4c5ccccc5c5ccccc54)c4ccccc34)c3ccccc23)c([2H])c1[2H]. The summed E-state index contributed by atoms with van der Waals surface area (Å²) in [6.07, 6.45) is 0. The summed E-state index contributed by atoms with van der Waals surface area (Å²) in [4.78, 5) is 0. The molecule has 3 nitrogen and oxygen atoms in total. The van der Waals surface area contributed by atoms with Crippen LogP contribution in [0.1, 0.15) is 38.7 Å². The number of rotatable bonds is 8. The molecular formula is C111H71NO2. The molecule has 20 aromatic carbocycles. The Bertz CT molecular complexity index is 8400. The molecule has 0 bridgehead atoms. The van der Waals surface area contributed by atoms with Gasteiger partial charge in [-0.2, -0.15) is 0 Å². The third kappa shape index (κ3) is 9.82. The smallest absolute Gasteiger partial charge is 0.137 e. The number of fused-ring (bicyclic) bond motifs is 18. The predicted octanol–water partition coefficient (Wildman–Crippen LogP) is 31.2. The minimum absolute atomic E-state index is 0.116. The van der Waals surface area contributed by atoms with Gasteiger partial charge in [0, 0.05) is 43.5 Å². The van der Waals surface area contributed by atoms with Gasteiger partial charge in [0.05, 0.1) is 35.8 Å². The lowest BCUT2D eigenvalue weighted by molar-refractivity contribution is 0.660. The van der Waals surface area contributed by atoms with Crippen LogP contribution in [0.5, 0.6) is 0 Å². The van der Waals surface area contributed by atoms with Crippen LogP contribution < -0.4 is 0 Å². The summed E-state index contributed by atoms with van der Waals surface area (Å²) >= 11 is 0. The Morgan fingerprint density at radius 3 is 1.05 bits per heavy atom. The summed E-state index contributed by atoms with van der Waals surface area (Å²) in [5.74, 6) is 0. The Kier molecular flexibility index (Phi) is 12.6. The Morgan fingerprint density at radius 1 is 0.228 bits per heavy atom. The maximum Gasteiger partial charge on any atom is 0.137 e. The van der Waals surface area contributed by atoms with Crippen molar-refractivity contribution in [2.75, 3.05) is 0 Å². The number of furan rings is 2. The highest BCUT2D eigenvalue weighted by atomic mass is 16.3. The lowest BCUT2D eigenvalue weighted by atomic mass is 9.81. The van der Waals surface area contributed by atoms with Gasteiger partial charge in [-0.25, -0.2) is 0 Å². The normalized spacial score (nSPS) is 13.8. The molecule has 3 aromatic heterocycles. The van der Waals surface area contributed by atoms with Crippen molar-refractivity contribution >= 4 is 130 Å². The topological polar surface area (TPSA) is 31.2 Å². The van der Waals surface area contributed by atoms with Crippen LogP contribution in [0.3, 0.4) is 0 Å². The van der Waals surface area contributed by atoms with Crippen molar-refractivity contribution in [2.24, 2.45) is 0 Å². The number of benzene rings is 20. The second-order valence-electron chi connectivity index (χ2n) is 30.3. The van der Waals surface area contributed by atoms with E-state index in [9.17, 15) is 0 Å². The van der Waals surface area contributed by atoms with E-state index in [0.717, 1.165) is 181 Å². The second kappa shape index (κ2) is 25.7. The summed E-state index contributed by atoms with van der Waals surface area (Å²) in [5, 5.41) is 17.9. The summed E-state index contributed by atoms with van der Waals surface area (Å²) < 4.78 is 103. The molecule has 0 atom stereocenters. The van der Waals surface area contributed by atoms with Gasteiger partial charge in [-0.1, -0.05) is 353 Å². The Hall–Kier alpha value is -14.6. The first-order valence-corrected chi connectivity index (χ1v) is 38.7. The second-order valence-corrected chi connectivity index (χ2v) is 30.3. The first-order valence-electron chi connectivity index (χ1n) is 43.7. The van der Waals surface area contributed by atoms with Crippen LogP contribution in [0.2, 0.25) is 0 Å². The summed E-state index contributed by atoms with van der Waals surface area (Å²) in [7, 11) is 0. The lowest BCUT2D eigenvalue weighted by Gasteiger charge is -2.22. The van der Waals surface area contributed by atoms with Gasteiger partial charge < -0.3 is 13.4 Å². The Labute approximate surface area is 672 Å². The van der Waals surface area contributed by atoms with Gasteiger partial charge in [-0.3, -0.25) is 0 Å². The van der Waals surface area contributed by atoms with Crippen LogP contribution in [0.4, 0.5) is 0 Å². The van der Waals surface area contributed by atoms with E-state index in [-0.39, 0.29) is 64.9 Å². The van der Waals surface area contributed by atoms with Crippen molar-refractivity contribution in [1.82, 2.24) is 4.57 Å². The van der Waals surface area contributed by atoms with E-state index in [0.29, 0.717) is 11.1 Å². The van der Waals surface area contributed by atoms with Crippen LogP contribution in [0.15, 0.2) is 403 Å². The summed E-state index contributed by atoms with van der Waals surface area (Å²) in [6, 6.07) is 113. The Balaban J connectivity index is 0.000000143. The molecule has 532 valence electrons. The van der Waals surface area contributed by atoms with Gasteiger partial charge in [-0.15, -0.1) is 0 Å². The fraction of sp³-hybridized carbons (Fsp3) is 0.0270. The van der Waals surface area contributed by atoms with E-state index in [2.05, 4.69) is 255 Å². The van der Waals surface area contributed by atoms with Crippen LogP contribution in [0.25, 0.3) is 225 Å². The van der Waals surface area contributed by atoms with Crippen molar-refractivity contribution in [2.45, 2.75) is 19.3 Å². The van der Waals surface area contributed by atoms with E-state index < -0.39 is 12.1 Å². The number of nitrogens with zero attached hydrogens (tertiary/aromatic N) is 1. The van der Waals surface area contributed by atoms with E-state index in [1.54, 1.807) is 0 Å². The average molecular weight is 1460 g/mol. The van der Waals surface area contributed by atoms with Gasteiger partial charge in [0.2, 0.25) is 0 Å². The predicted molar refractivity (Wildman–Crippen MR) is 482 cm³/mol. The van der Waals surface area contributed by atoms with Gasteiger partial charge in [0.1, 0.15) is 22.3 Å². The Morgan fingerprint density at radius 2 is 0.570 bits per heavy atom. The first kappa shape index (κ1) is 55.7. The highest BCUT2D eigenvalue weighted by Gasteiger charge is 2.36. The quantitative estimate of drug-likeness (QED) is 0.142. The molecule has 0 aliphatic heterocycles. The molecule has 0 unspecified atom stereocenters. The molecule has 0 fully saturated rings. The fourth-order valence-corrected chi connectivity index (χ4v) is 19.3. The summed E-state index contributed by atoms with van der Waals surface area (Å²) in [5.41, 5.74) is 24.1. The standard InChI is InChI=1S/C57H38O.C54H33NO/c1-57(2)49-26-14-12-20-40(49)48-34-36(28-32-50(48)57)54-45(31-33-52-56(54)47-25-13-15-27-51(47)58-52)39-29-30-46(38-19-7-6-18-37(38)39)55-43-23-10-8-21-41(43)53(35-16-4-3-5-17-35)42-22-9-11-24-44(42)55;1-2-16-34(17-3-1)51-40-22-6-8-24-42(40)52(43-25-9-7-23-41(43)51)44-31-30-37(35-18-4-5-19-36(35)44)45-32-33-50-53(46-26-12-15-29-49(46)56-50)54(45)55-47-27-13-10-20-38(47)39-21-11-14-28-48(39)55/h3-34H,1-2H3;1-33H/i3D,4D,5D,16D,17D;1D,2D,3D,16D,17D. The molecule has 0 amide bonds. The minimum Gasteiger partial charge on any atom is -0.456 e. The molecule has 0 N–H and O–H groups in total. The third-order valence-electron chi connectivity index (χ3n) is 24.1. The van der Waals surface area contributed by atoms with E-state index >= 15 is 0 Å². The van der Waals surface area contributed by atoms with E-state index in [1.807, 2.05) is 97.1 Å². The van der Waals surface area contributed by atoms with Crippen molar-refractivity contribution in [3.63, 3.8) is 0 Å². The minimum atomic E-state index is -0.406. The molecule has 23 aromatic rings. The zero-order chi connectivity index (χ0) is 84.0. The third-order valence-corrected chi connectivity index (χ3v) is 24.1. The van der Waals surface area contributed by atoms with Crippen LogP contribution in [-0.2, 0) is 5.41 Å². The molecule has 3 heteroatoms. The van der Waals surface area contributed by atoms with Crippen LogP contribution in [0, 0.1) is 0 Å². The molecular weight excluding hydrogens is 1380 g/mol. The molecule has 0 saturated heterocycles. The largest absolute Gasteiger partial charge is 0.456 e. The molecule has 0 spiro atoms. The van der Waals surface area contributed by atoms with Crippen molar-refractivity contribution in [1.29, 1.82) is 0 Å². The maximum atomic E-state index is 9.03. The van der Waals surface area contributed by atoms with Gasteiger partial charge in [0.25, 0.3) is 0 Å². The molecule has 1 aliphatic carbocycles. The molecule has 0 radical (unpaired) electrons. The number of hydrogen-bond acceptors (Lipinski definition) is 2. The van der Waals surface area contributed by atoms with Crippen LogP contribution in [-0.4, -0.2) is 4.57 Å². The number of aromatic nitrogens is 1. The molecule has 0 saturated carbocycles. The molecule has 1 aliphatic rings. The average Bonchev–Trinajstić information content (AvgIpc) is 1.17.